The maximum absolute atomic E-state index is 12.2. The topological polar surface area (TPSA) is 61.4 Å². The summed E-state index contributed by atoms with van der Waals surface area (Å²) in [6.45, 7) is 3.27. The second-order valence-corrected chi connectivity index (χ2v) is 5.65. The summed E-state index contributed by atoms with van der Waals surface area (Å²) in [6.07, 6.45) is 3.24. The van der Waals surface area contributed by atoms with Crippen LogP contribution >= 0.6 is 11.6 Å². The highest BCUT2D eigenvalue weighted by molar-refractivity contribution is 6.30. The molecule has 0 bridgehead atoms. The Hall–Kier alpha value is -1.75. The molecule has 1 aromatic carbocycles. The number of halogens is 1. The Bertz CT molecular complexity index is 498. The zero-order chi connectivity index (χ0) is 15.2. The van der Waals surface area contributed by atoms with Gasteiger partial charge in [0.2, 0.25) is 5.91 Å². The maximum atomic E-state index is 12.2. The zero-order valence-electron chi connectivity index (χ0n) is 12.1. The first-order valence-electron chi connectivity index (χ1n) is 7.18. The van der Waals surface area contributed by atoms with Crippen LogP contribution in [0.1, 0.15) is 26.2 Å². The number of nitrogens with one attached hydrogen (secondary N) is 2. The highest BCUT2D eigenvalue weighted by atomic mass is 35.5. The molecule has 1 saturated heterocycles. The largest absolute Gasteiger partial charge is 0.341 e. The van der Waals surface area contributed by atoms with Crippen LogP contribution < -0.4 is 10.6 Å². The van der Waals surface area contributed by atoms with Crippen molar-refractivity contribution in [2.45, 2.75) is 32.2 Å². The van der Waals surface area contributed by atoms with E-state index in [0.29, 0.717) is 10.7 Å². The highest BCUT2D eigenvalue weighted by Crippen LogP contribution is 2.13. The van der Waals surface area contributed by atoms with Gasteiger partial charge in [-0.1, -0.05) is 11.6 Å². The van der Waals surface area contributed by atoms with Gasteiger partial charge in [-0.15, -0.1) is 0 Å². The van der Waals surface area contributed by atoms with Gasteiger partial charge in [0, 0.05) is 23.8 Å². The molecular formula is C15H20ClN3O2. The minimum absolute atomic E-state index is 0.0269. The van der Waals surface area contributed by atoms with Crippen LogP contribution in [0.5, 0.6) is 0 Å². The summed E-state index contributed by atoms with van der Waals surface area (Å²) in [5.41, 5.74) is 0.634. The first kappa shape index (κ1) is 15.6. The smallest absolute Gasteiger partial charge is 0.319 e. The van der Waals surface area contributed by atoms with Gasteiger partial charge in [0.15, 0.2) is 0 Å². The number of carbonyl (C=O) groups excluding carboxylic acids is 2. The summed E-state index contributed by atoms with van der Waals surface area (Å²) in [5.74, 6) is -0.0269. The molecule has 2 rings (SSSR count). The summed E-state index contributed by atoms with van der Waals surface area (Å²) >= 11 is 5.78. The molecule has 114 valence electrons. The Kier molecular flexibility index (Phi) is 5.44. The van der Waals surface area contributed by atoms with Crippen LogP contribution in [0.25, 0.3) is 0 Å². The van der Waals surface area contributed by atoms with Crippen molar-refractivity contribution in [3.05, 3.63) is 29.3 Å². The number of benzene rings is 1. The Balaban J connectivity index is 1.83. The molecule has 0 radical (unpaired) electrons. The fraction of sp³-hybridized carbons (Fsp3) is 0.467. The summed E-state index contributed by atoms with van der Waals surface area (Å²) in [4.78, 5) is 25.9. The molecule has 0 saturated carbocycles. The van der Waals surface area contributed by atoms with Gasteiger partial charge in [0.25, 0.3) is 0 Å². The van der Waals surface area contributed by atoms with E-state index >= 15 is 0 Å². The average Bonchev–Trinajstić information content (AvgIpc) is 2.49. The monoisotopic (exact) mass is 309 g/mol. The molecule has 1 aromatic rings. The van der Waals surface area contributed by atoms with Crippen molar-refractivity contribution in [3.63, 3.8) is 0 Å². The quantitative estimate of drug-likeness (QED) is 0.902. The molecule has 0 aromatic heterocycles. The van der Waals surface area contributed by atoms with Gasteiger partial charge in [0.05, 0.1) is 0 Å². The van der Waals surface area contributed by atoms with Crippen molar-refractivity contribution in [3.8, 4) is 0 Å². The molecule has 5 nitrogen and oxygen atoms in total. The number of urea groups is 1. The zero-order valence-corrected chi connectivity index (χ0v) is 12.8. The van der Waals surface area contributed by atoms with Gasteiger partial charge in [-0.25, -0.2) is 4.79 Å². The predicted molar refractivity (Wildman–Crippen MR) is 83.5 cm³/mol. The molecule has 21 heavy (non-hydrogen) atoms. The van der Waals surface area contributed by atoms with E-state index in [9.17, 15) is 9.59 Å². The van der Waals surface area contributed by atoms with E-state index in [1.807, 2.05) is 4.90 Å². The van der Waals surface area contributed by atoms with E-state index in [0.717, 1.165) is 25.9 Å². The van der Waals surface area contributed by atoms with Crippen molar-refractivity contribution in [2.24, 2.45) is 0 Å². The van der Waals surface area contributed by atoms with Crippen LogP contribution in [0.15, 0.2) is 24.3 Å². The van der Waals surface area contributed by atoms with E-state index in [1.54, 1.807) is 31.2 Å². The highest BCUT2D eigenvalue weighted by Gasteiger charge is 2.23. The van der Waals surface area contributed by atoms with E-state index < -0.39 is 12.1 Å². The SMILES string of the molecule is C[C@@H](NC(=O)Nc1ccc(Cl)cc1)C(=O)N1CCCCC1. The molecule has 6 heteroatoms. The first-order chi connectivity index (χ1) is 10.1. The normalized spacial score (nSPS) is 16.2. The second-order valence-electron chi connectivity index (χ2n) is 5.21. The minimum atomic E-state index is -0.532. The molecule has 1 atom stereocenters. The summed E-state index contributed by atoms with van der Waals surface area (Å²) in [5, 5.41) is 5.95. The molecule has 0 spiro atoms. The number of piperidine rings is 1. The predicted octanol–water partition coefficient (Wildman–Crippen LogP) is 2.86. The van der Waals surface area contributed by atoms with E-state index in [1.165, 1.54) is 6.42 Å². The number of hydrogen-bond acceptors (Lipinski definition) is 2. The molecule has 3 amide bonds. The molecule has 1 fully saturated rings. The van der Waals surface area contributed by atoms with Gasteiger partial charge in [-0.2, -0.15) is 0 Å². The van der Waals surface area contributed by atoms with E-state index in [2.05, 4.69) is 10.6 Å². The van der Waals surface area contributed by atoms with Gasteiger partial charge < -0.3 is 15.5 Å². The Morgan fingerprint density at radius 2 is 1.76 bits per heavy atom. The van der Waals surface area contributed by atoms with Crippen molar-refractivity contribution in [1.29, 1.82) is 0 Å². The fourth-order valence-electron chi connectivity index (χ4n) is 2.35. The molecular weight excluding hydrogens is 290 g/mol. The Morgan fingerprint density at radius 3 is 2.38 bits per heavy atom. The van der Waals surface area contributed by atoms with Crippen LogP contribution in [0, 0.1) is 0 Å². The number of hydrogen-bond donors (Lipinski definition) is 2. The van der Waals surface area contributed by atoms with Gasteiger partial charge >= 0.3 is 6.03 Å². The summed E-state index contributed by atoms with van der Waals surface area (Å²) in [6, 6.07) is 5.88. The number of carbonyl (C=O) groups is 2. The number of amides is 3. The van der Waals surface area contributed by atoms with Crippen molar-refractivity contribution in [1.82, 2.24) is 10.2 Å². The van der Waals surface area contributed by atoms with E-state index in [4.69, 9.17) is 11.6 Å². The molecule has 0 unspecified atom stereocenters. The molecule has 1 aliphatic heterocycles. The lowest BCUT2D eigenvalue weighted by Gasteiger charge is -2.29. The standard InChI is InChI=1S/C15H20ClN3O2/c1-11(14(20)19-9-3-2-4-10-19)17-15(21)18-13-7-5-12(16)6-8-13/h5-8,11H,2-4,9-10H2,1H3,(H2,17,18,21)/t11-/m1/s1. The number of nitrogens with zero attached hydrogens (tertiary/aromatic N) is 1. The molecule has 2 N–H and O–H groups in total. The van der Waals surface area contributed by atoms with Gasteiger partial charge in [-0.05, 0) is 50.5 Å². The molecule has 1 heterocycles. The van der Waals surface area contributed by atoms with Crippen molar-refractivity contribution in [2.75, 3.05) is 18.4 Å². The van der Waals surface area contributed by atoms with Crippen molar-refractivity contribution < 1.29 is 9.59 Å². The fourth-order valence-corrected chi connectivity index (χ4v) is 2.47. The minimum Gasteiger partial charge on any atom is -0.341 e. The Labute approximate surface area is 129 Å². The molecule has 1 aliphatic rings. The summed E-state index contributed by atoms with van der Waals surface area (Å²) in [7, 11) is 0. The first-order valence-corrected chi connectivity index (χ1v) is 7.56. The second kappa shape index (κ2) is 7.31. The van der Waals surface area contributed by atoms with Crippen LogP contribution in [0.4, 0.5) is 10.5 Å². The third kappa shape index (κ3) is 4.63. The van der Waals surface area contributed by atoms with E-state index in [-0.39, 0.29) is 5.91 Å². The molecule has 0 aliphatic carbocycles. The van der Waals surface area contributed by atoms with Crippen LogP contribution in [0.3, 0.4) is 0 Å². The Morgan fingerprint density at radius 1 is 1.14 bits per heavy atom. The van der Waals surface area contributed by atoms with Crippen molar-refractivity contribution >= 4 is 29.2 Å². The maximum Gasteiger partial charge on any atom is 0.319 e. The number of rotatable bonds is 3. The van der Waals surface area contributed by atoms with Crippen LogP contribution in [0.2, 0.25) is 5.02 Å². The third-order valence-corrected chi connectivity index (χ3v) is 3.74. The number of anilines is 1. The third-order valence-electron chi connectivity index (χ3n) is 3.49. The van der Waals surface area contributed by atoms with Gasteiger partial charge in [-0.3, -0.25) is 4.79 Å². The lowest BCUT2D eigenvalue weighted by Crippen LogP contribution is -2.49. The van der Waals surface area contributed by atoms with Crippen LogP contribution in [-0.2, 0) is 4.79 Å². The lowest BCUT2D eigenvalue weighted by atomic mass is 10.1. The lowest BCUT2D eigenvalue weighted by molar-refractivity contribution is -0.133. The summed E-state index contributed by atoms with van der Waals surface area (Å²) < 4.78 is 0. The van der Waals surface area contributed by atoms with Crippen LogP contribution in [-0.4, -0.2) is 36.0 Å². The van der Waals surface area contributed by atoms with Gasteiger partial charge in [0.1, 0.15) is 6.04 Å². The average molecular weight is 310 g/mol. The number of likely N-dealkylation sites (tertiary alicyclic amines) is 1.